The number of carbonyl (C=O) groups is 1. The van der Waals surface area contributed by atoms with Crippen molar-refractivity contribution in [3.05, 3.63) is 89.0 Å². The zero-order valence-corrected chi connectivity index (χ0v) is 17.7. The summed E-state index contributed by atoms with van der Waals surface area (Å²) >= 11 is 0. The van der Waals surface area contributed by atoms with E-state index >= 15 is 0 Å². The van der Waals surface area contributed by atoms with Gasteiger partial charge in [0.05, 0.1) is 5.71 Å². The number of carbonyl (C=O) groups excluding carboxylic acids is 1. The summed E-state index contributed by atoms with van der Waals surface area (Å²) in [7, 11) is 0. The van der Waals surface area contributed by atoms with E-state index in [4.69, 9.17) is 4.84 Å². The lowest BCUT2D eigenvalue weighted by Crippen LogP contribution is -2.30. The third kappa shape index (κ3) is 4.63. The number of oxime groups is 1. The predicted molar refractivity (Wildman–Crippen MR) is 118 cm³/mol. The van der Waals surface area contributed by atoms with Gasteiger partial charge in [-0.3, -0.25) is 9.78 Å². The summed E-state index contributed by atoms with van der Waals surface area (Å²) in [6.07, 6.45) is 3.76. The molecule has 3 aromatic rings. The van der Waals surface area contributed by atoms with Gasteiger partial charge < -0.3 is 10.2 Å². The standard InChI is InChI=1S/C25H24FN3O2/c1-15(2)28-25(30)20-11-18(21-7-6-16(3)9-22(21)26)10-19(12-20)23-13-24(31-29-23)17-5-4-8-27-14-17/h4-12,14-15,24H,13H2,1-3H3,(H,28,30). The number of pyridine rings is 1. The zero-order chi connectivity index (χ0) is 22.0. The van der Waals surface area contributed by atoms with Crippen molar-refractivity contribution in [2.75, 3.05) is 0 Å². The first-order chi connectivity index (χ1) is 14.9. The fraction of sp³-hybridized carbons (Fsp3) is 0.240. The monoisotopic (exact) mass is 417 g/mol. The smallest absolute Gasteiger partial charge is 0.251 e. The molecule has 1 aliphatic rings. The molecule has 4 rings (SSSR count). The molecule has 0 aliphatic carbocycles. The Labute approximate surface area is 181 Å². The van der Waals surface area contributed by atoms with Crippen LogP contribution in [0.25, 0.3) is 11.1 Å². The van der Waals surface area contributed by atoms with Crippen molar-refractivity contribution in [1.82, 2.24) is 10.3 Å². The molecular formula is C25H24FN3O2. The fourth-order valence-electron chi connectivity index (χ4n) is 3.57. The van der Waals surface area contributed by atoms with Crippen LogP contribution in [0.2, 0.25) is 0 Å². The zero-order valence-electron chi connectivity index (χ0n) is 17.7. The van der Waals surface area contributed by atoms with Crippen LogP contribution in [-0.4, -0.2) is 22.6 Å². The van der Waals surface area contributed by atoms with Crippen LogP contribution in [0, 0.1) is 12.7 Å². The van der Waals surface area contributed by atoms with E-state index in [9.17, 15) is 9.18 Å². The van der Waals surface area contributed by atoms with Crippen LogP contribution in [-0.2, 0) is 4.84 Å². The van der Waals surface area contributed by atoms with Gasteiger partial charge in [0.15, 0.2) is 6.10 Å². The molecular weight excluding hydrogens is 393 g/mol. The quantitative estimate of drug-likeness (QED) is 0.621. The van der Waals surface area contributed by atoms with Gasteiger partial charge in [0.1, 0.15) is 5.82 Å². The fourth-order valence-corrected chi connectivity index (χ4v) is 3.57. The van der Waals surface area contributed by atoms with Gasteiger partial charge in [-0.15, -0.1) is 0 Å². The Morgan fingerprint density at radius 3 is 2.68 bits per heavy atom. The van der Waals surface area contributed by atoms with Gasteiger partial charge in [-0.2, -0.15) is 0 Å². The SMILES string of the molecule is Cc1ccc(-c2cc(C(=O)NC(C)C)cc(C3=NOC(c4cccnc4)C3)c2)c(F)c1. The molecule has 158 valence electrons. The molecule has 0 saturated carbocycles. The van der Waals surface area contributed by atoms with Crippen molar-refractivity contribution in [2.24, 2.45) is 5.16 Å². The molecule has 1 unspecified atom stereocenters. The summed E-state index contributed by atoms with van der Waals surface area (Å²) in [5, 5.41) is 7.16. The molecule has 31 heavy (non-hydrogen) atoms. The second kappa shape index (κ2) is 8.68. The predicted octanol–water partition coefficient (Wildman–Crippen LogP) is 5.20. The number of hydrogen-bond donors (Lipinski definition) is 1. The Hall–Kier alpha value is -3.54. The van der Waals surface area contributed by atoms with Gasteiger partial charge in [-0.25, -0.2) is 4.39 Å². The average molecular weight is 417 g/mol. The van der Waals surface area contributed by atoms with Crippen molar-refractivity contribution < 1.29 is 14.0 Å². The summed E-state index contributed by atoms with van der Waals surface area (Å²) in [5.41, 5.74) is 4.72. The summed E-state index contributed by atoms with van der Waals surface area (Å²) in [4.78, 5) is 22.5. The van der Waals surface area contributed by atoms with Crippen molar-refractivity contribution in [2.45, 2.75) is 39.3 Å². The van der Waals surface area contributed by atoms with E-state index < -0.39 is 0 Å². The number of nitrogens with zero attached hydrogens (tertiary/aromatic N) is 2. The largest absolute Gasteiger partial charge is 0.387 e. The van der Waals surface area contributed by atoms with Crippen LogP contribution in [0.15, 0.2) is 66.1 Å². The minimum Gasteiger partial charge on any atom is -0.387 e. The normalized spacial score (nSPS) is 15.5. The highest BCUT2D eigenvalue weighted by Gasteiger charge is 2.25. The Morgan fingerprint density at radius 2 is 1.97 bits per heavy atom. The summed E-state index contributed by atoms with van der Waals surface area (Å²) in [5.74, 6) is -0.542. The number of hydrogen-bond acceptors (Lipinski definition) is 4. The number of halogens is 1. The molecule has 1 aromatic heterocycles. The molecule has 6 heteroatoms. The highest BCUT2D eigenvalue weighted by molar-refractivity contribution is 6.05. The van der Waals surface area contributed by atoms with E-state index in [1.54, 1.807) is 30.6 Å². The summed E-state index contributed by atoms with van der Waals surface area (Å²) < 4.78 is 14.7. The Kier molecular flexibility index (Phi) is 5.80. The third-order valence-corrected chi connectivity index (χ3v) is 5.11. The molecule has 2 heterocycles. The van der Waals surface area contributed by atoms with Crippen LogP contribution in [0.5, 0.6) is 0 Å². The van der Waals surface area contributed by atoms with Crippen LogP contribution < -0.4 is 5.32 Å². The second-order valence-electron chi connectivity index (χ2n) is 8.03. The highest BCUT2D eigenvalue weighted by atomic mass is 19.1. The van der Waals surface area contributed by atoms with Crippen LogP contribution >= 0.6 is 0 Å². The molecule has 1 N–H and O–H groups in total. The number of rotatable bonds is 5. The molecule has 0 saturated heterocycles. The molecule has 1 aliphatic heterocycles. The van der Waals surface area contributed by atoms with Gasteiger partial charge in [0.2, 0.25) is 0 Å². The summed E-state index contributed by atoms with van der Waals surface area (Å²) in [6, 6.07) is 14.2. The van der Waals surface area contributed by atoms with E-state index in [-0.39, 0.29) is 23.9 Å². The average Bonchev–Trinajstić information content (AvgIpc) is 3.24. The first-order valence-corrected chi connectivity index (χ1v) is 10.3. The van der Waals surface area contributed by atoms with Crippen molar-refractivity contribution >= 4 is 11.6 Å². The van der Waals surface area contributed by atoms with Gasteiger partial charge in [-0.05, 0) is 62.2 Å². The number of nitrogens with one attached hydrogen (secondary N) is 1. The van der Waals surface area contributed by atoms with Gasteiger partial charge in [-0.1, -0.05) is 23.4 Å². The molecule has 0 fully saturated rings. The molecule has 0 spiro atoms. The maximum atomic E-state index is 14.7. The molecule has 0 radical (unpaired) electrons. The van der Waals surface area contributed by atoms with E-state index in [1.807, 2.05) is 45.0 Å². The topological polar surface area (TPSA) is 63.6 Å². The lowest BCUT2D eigenvalue weighted by Gasteiger charge is -2.13. The van der Waals surface area contributed by atoms with Crippen molar-refractivity contribution in [1.29, 1.82) is 0 Å². The first kappa shape index (κ1) is 20.7. The molecule has 0 bridgehead atoms. The Balaban J connectivity index is 1.72. The lowest BCUT2D eigenvalue weighted by molar-refractivity contribution is 0.0855. The van der Waals surface area contributed by atoms with Crippen molar-refractivity contribution in [3.63, 3.8) is 0 Å². The highest BCUT2D eigenvalue weighted by Crippen LogP contribution is 2.32. The number of benzene rings is 2. The maximum absolute atomic E-state index is 14.7. The van der Waals surface area contributed by atoms with Gasteiger partial charge in [0.25, 0.3) is 5.91 Å². The third-order valence-electron chi connectivity index (χ3n) is 5.11. The number of aromatic nitrogens is 1. The Morgan fingerprint density at radius 1 is 1.16 bits per heavy atom. The van der Waals surface area contributed by atoms with Crippen LogP contribution in [0.1, 0.15) is 53.4 Å². The van der Waals surface area contributed by atoms with Gasteiger partial charge in [0, 0.05) is 47.1 Å². The minimum absolute atomic E-state index is 0.0159. The van der Waals surface area contributed by atoms with E-state index in [0.717, 1.165) is 16.7 Å². The molecule has 5 nitrogen and oxygen atoms in total. The number of amides is 1. The first-order valence-electron chi connectivity index (χ1n) is 10.3. The van der Waals surface area contributed by atoms with E-state index in [1.165, 1.54) is 6.07 Å². The van der Waals surface area contributed by atoms with Crippen molar-refractivity contribution in [3.8, 4) is 11.1 Å². The second-order valence-corrected chi connectivity index (χ2v) is 8.03. The molecule has 1 atom stereocenters. The van der Waals surface area contributed by atoms with Gasteiger partial charge >= 0.3 is 0 Å². The Bertz CT molecular complexity index is 1140. The number of aryl methyl sites for hydroxylation is 1. The maximum Gasteiger partial charge on any atom is 0.251 e. The van der Waals surface area contributed by atoms with E-state index in [2.05, 4.69) is 15.5 Å². The lowest BCUT2D eigenvalue weighted by atomic mass is 9.94. The molecule has 1 amide bonds. The minimum atomic E-state index is -0.329. The van der Waals surface area contributed by atoms with Crippen LogP contribution in [0.3, 0.4) is 0 Å². The summed E-state index contributed by atoms with van der Waals surface area (Å²) in [6.45, 7) is 5.64. The van der Waals surface area contributed by atoms with E-state index in [0.29, 0.717) is 28.8 Å². The molecule has 2 aromatic carbocycles. The van der Waals surface area contributed by atoms with Crippen LogP contribution in [0.4, 0.5) is 4.39 Å².